The Bertz CT molecular complexity index is 1800. The highest BCUT2D eigenvalue weighted by Gasteiger charge is 2.16. The second-order valence-corrected chi connectivity index (χ2v) is 9.27. The van der Waals surface area contributed by atoms with Gasteiger partial charge in [0.1, 0.15) is 0 Å². The van der Waals surface area contributed by atoms with Gasteiger partial charge < -0.3 is 4.57 Å². The molecule has 0 aliphatic rings. The number of aryl methyl sites for hydroxylation is 2. The molecule has 6 aromatic rings. The Kier molecular flexibility index (Phi) is 7.34. The number of pyridine rings is 2. The monoisotopic (exact) mass is 534 g/mol. The molecule has 0 radical (unpaired) electrons. The summed E-state index contributed by atoms with van der Waals surface area (Å²) in [6.07, 6.45) is 0.801. The predicted molar refractivity (Wildman–Crippen MR) is 157 cm³/mol. The molecule has 8 heteroatoms. The van der Waals surface area contributed by atoms with Gasteiger partial charge in [0.2, 0.25) is 5.82 Å². The predicted octanol–water partition coefficient (Wildman–Crippen LogP) is 6.25. The molecule has 3 aromatic heterocycles. The van der Waals surface area contributed by atoms with Gasteiger partial charge in [-0.2, -0.15) is 5.21 Å². The zero-order chi connectivity index (χ0) is 26.1. The van der Waals surface area contributed by atoms with E-state index in [1.807, 2.05) is 66.1 Å². The van der Waals surface area contributed by atoms with E-state index >= 15 is 0 Å². The quantitative estimate of drug-likeness (QED) is 0.273. The lowest BCUT2D eigenvalue weighted by Crippen LogP contribution is -2.21. The van der Waals surface area contributed by atoms with Crippen LogP contribution in [0, 0.1) is 6.92 Å². The summed E-state index contributed by atoms with van der Waals surface area (Å²) in [7, 11) is 0. The summed E-state index contributed by atoms with van der Waals surface area (Å²) in [5.41, 5.74) is 8.72. The highest BCUT2D eigenvalue weighted by molar-refractivity contribution is 5.96. The van der Waals surface area contributed by atoms with Crippen molar-refractivity contribution < 1.29 is 0 Å². The molecule has 0 unspecified atom stereocenters. The highest BCUT2D eigenvalue weighted by Crippen LogP contribution is 2.32. The van der Waals surface area contributed by atoms with Crippen LogP contribution in [-0.4, -0.2) is 30.2 Å². The number of hydrogen-bond acceptors (Lipinski definition) is 5. The van der Waals surface area contributed by atoms with Gasteiger partial charge in [0.05, 0.1) is 12.1 Å². The minimum absolute atomic E-state index is 0. The summed E-state index contributed by atoms with van der Waals surface area (Å²) in [6.45, 7) is 4.57. The van der Waals surface area contributed by atoms with Crippen molar-refractivity contribution in [2.24, 2.45) is 0 Å². The second kappa shape index (κ2) is 11.0. The van der Waals surface area contributed by atoms with E-state index in [1.54, 1.807) is 6.07 Å². The fourth-order valence-corrected chi connectivity index (χ4v) is 5.02. The molecule has 7 nitrogen and oxygen atoms in total. The van der Waals surface area contributed by atoms with Gasteiger partial charge in [-0.05, 0) is 52.4 Å². The molecule has 0 amide bonds. The zero-order valence-electron chi connectivity index (χ0n) is 21.6. The molecule has 3 heterocycles. The number of aromatic nitrogens is 6. The molecule has 194 valence electrons. The maximum atomic E-state index is 13.5. The first-order valence-electron chi connectivity index (χ1n) is 12.6. The van der Waals surface area contributed by atoms with E-state index in [4.69, 9.17) is 4.98 Å². The van der Waals surface area contributed by atoms with E-state index in [2.05, 4.69) is 57.9 Å². The first-order chi connectivity index (χ1) is 18.6. The summed E-state index contributed by atoms with van der Waals surface area (Å²) >= 11 is 0. The van der Waals surface area contributed by atoms with Crippen molar-refractivity contribution in [3.05, 3.63) is 118 Å². The van der Waals surface area contributed by atoms with Crippen molar-refractivity contribution in [2.45, 2.75) is 26.8 Å². The van der Waals surface area contributed by atoms with Gasteiger partial charge in [-0.1, -0.05) is 85.8 Å². The van der Waals surface area contributed by atoms with Gasteiger partial charge in [-0.25, -0.2) is 0 Å². The van der Waals surface area contributed by atoms with E-state index in [0.717, 1.165) is 62.1 Å². The molecule has 39 heavy (non-hydrogen) atoms. The highest BCUT2D eigenvalue weighted by atomic mass is 35.5. The maximum Gasteiger partial charge on any atom is 0.251 e. The Morgan fingerprint density at radius 3 is 2.21 bits per heavy atom. The number of aromatic amines is 1. The van der Waals surface area contributed by atoms with Crippen molar-refractivity contribution in [3.8, 4) is 33.6 Å². The largest absolute Gasteiger partial charge is 0.304 e. The molecular formula is C31H27ClN6O. The summed E-state index contributed by atoms with van der Waals surface area (Å²) in [5.74, 6) is 0.553. The summed E-state index contributed by atoms with van der Waals surface area (Å²) < 4.78 is 1.86. The topological polar surface area (TPSA) is 89.4 Å². The Morgan fingerprint density at radius 2 is 1.51 bits per heavy atom. The van der Waals surface area contributed by atoms with Crippen LogP contribution < -0.4 is 5.56 Å². The number of fused-ring (bicyclic) bond motifs is 1. The summed E-state index contributed by atoms with van der Waals surface area (Å²) in [6, 6.07) is 30.1. The molecular weight excluding hydrogens is 508 g/mol. The number of hydrogen-bond donors (Lipinski definition) is 1. The number of nitrogens with one attached hydrogen (secondary N) is 1. The average Bonchev–Trinajstić information content (AvgIpc) is 3.50. The van der Waals surface area contributed by atoms with Crippen LogP contribution in [0.25, 0.3) is 44.5 Å². The Balaban J connectivity index is 0.00000308. The molecule has 0 bridgehead atoms. The number of rotatable bonds is 6. The third-order valence-electron chi connectivity index (χ3n) is 6.89. The van der Waals surface area contributed by atoms with Crippen LogP contribution in [0.5, 0.6) is 0 Å². The molecule has 6 rings (SSSR count). The molecule has 0 atom stereocenters. The number of tetrazole rings is 1. The van der Waals surface area contributed by atoms with Gasteiger partial charge in [0.15, 0.2) is 0 Å². The van der Waals surface area contributed by atoms with Crippen molar-refractivity contribution in [2.75, 3.05) is 0 Å². The van der Waals surface area contributed by atoms with Crippen LogP contribution >= 0.6 is 12.4 Å². The summed E-state index contributed by atoms with van der Waals surface area (Å²) in [5, 5.41) is 15.5. The lowest BCUT2D eigenvalue weighted by molar-refractivity contribution is 0.792. The maximum absolute atomic E-state index is 13.5. The minimum atomic E-state index is -0.0319. The van der Waals surface area contributed by atoms with Crippen molar-refractivity contribution in [3.63, 3.8) is 0 Å². The van der Waals surface area contributed by atoms with Crippen LogP contribution in [0.1, 0.15) is 23.9 Å². The van der Waals surface area contributed by atoms with Crippen LogP contribution in [0.2, 0.25) is 0 Å². The van der Waals surface area contributed by atoms with Crippen molar-refractivity contribution in [1.29, 1.82) is 0 Å². The smallest absolute Gasteiger partial charge is 0.251 e. The molecule has 1 N–H and O–H groups in total. The fraction of sp³-hybridized carbons (Fsp3) is 0.129. The van der Waals surface area contributed by atoms with Crippen LogP contribution in [-0.2, 0) is 13.0 Å². The molecule has 0 spiro atoms. The third kappa shape index (κ3) is 4.96. The van der Waals surface area contributed by atoms with Crippen LogP contribution in [0.15, 0.2) is 95.8 Å². The number of H-pyrrole nitrogens is 1. The average molecular weight is 535 g/mol. The van der Waals surface area contributed by atoms with E-state index in [9.17, 15) is 4.79 Å². The van der Waals surface area contributed by atoms with Gasteiger partial charge in [0, 0.05) is 28.4 Å². The molecule has 3 aromatic carbocycles. The van der Waals surface area contributed by atoms with Crippen LogP contribution in [0.3, 0.4) is 0 Å². The van der Waals surface area contributed by atoms with Crippen LogP contribution in [0.4, 0.5) is 0 Å². The SMILES string of the molecule is CCc1cc2c(c(-c3ccccc3)cc(=O)n2Cc2ccc(-c3ccccc3-c3nn[nH]n3)cc2)c(C)n1.Cl. The normalized spacial score (nSPS) is 10.9. The molecule has 0 saturated carbocycles. The lowest BCUT2D eigenvalue weighted by atomic mass is 9.98. The lowest BCUT2D eigenvalue weighted by Gasteiger charge is -2.17. The number of nitrogens with zero attached hydrogens (tertiary/aromatic N) is 5. The number of halogens is 1. The minimum Gasteiger partial charge on any atom is -0.304 e. The third-order valence-corrected chi connectivity index (χ3v) is 6.89. The Hall–Kier alpha value is -4.62. The van der Waals surface area contributed by atoms with Gasteiger partial charge in [-0.15, -0.1) is 22.6 Å². The fourth-order valence-electron chi connectivity index (χ4n) is 5.02. The van der Waals surface area contributed by atoms with E-state index < -0.39 is 0 Å². The van der Waals surface area contributed by atoms with E-state index in [-0.39, 0.29) is 18.0 Å². The van der Waals surface area contributed by atoms with E-state index in [1.165, 1.54) is 0 Å². The van der Waals surface area contributed by atoms with Crippen molar-refractivity contribution in [1.82, 2.24) is 30.2 Å². The zero-order valence-corrected chi connectivity index (χ0v) is 22.4. The number of benzene rings is 3. The van der Waals surface area contributed by atoms with Gasteiger partial charge >= 0.3 is 0 Å². The van der Waals surface area contributed by atoms with Gasteiger partial charge in [-0.3, -0.25) is 9.78 Å². The van der Waals surface area contributed by atoms with E-state index in [0.29, 0.717) is 12.4 Å². The first kappa shape index (κ1) is 26.0. The summed E-state index contributed by atoms with van der Waals surface area (Å²) in [4.78, 5) is 18.4. The molecule has 0 fully saturated rings. The van der Waals surface area contributed by atoms with Crippen molar-refractivity contribution >= 4 is 23.3 Å². The van der Waals surface area contributed by atoms with Gasteiger partial charge in [0.25, 0.3) is 5.56 Å². The standard InChI is InChI=1S/C31H26N6O.ClH/c1-3-24-17-28-30(20(2)32-24)27(22-9-5-4-6-10-22)18-29(38)37(28)19-21-13-15-23(16-14-21)25-11-7-8-12-26(25)31-33-35-36-34-31;/h4-18H,3,19H2,1-2H3,(H,33,34,35,36);1H. The molecule has 0 aliphatic heterocycles. The Morgan fingerprint density at radius 1 is 0.821 bits per heavy atom. The second-order valence-electron chi connectivity index (χ2n) is 9.27. The Labute approximate surface area is 232 Å². The first-order valence-corrected chi connectivity index (χ1v) is 12.6. The molecule has 0 saturated heterocycles. The molecule has 0 aliphatic carbocycles.